The van der Waals surface area contributed by atoms with E-state index in [-0.39, 0.29) is 24.3 Å². The van der Waals surface area contributed by atoms with Gasteiger partial charge in [-0.2, -0.15) is 0 Å². The van der Waals surface area contributed by atoms with Crippen LogP contribution >= 0.6 is 0 Å². The monoisotopic (exact) mass is 199 g/mol. The van der Waals surface area contributed by atoms with E-state index in [1.165, 1.54) is 12.8 Å². The molecular weight excluding hydrogens is 178 g/mol. The van der Waals surface area contributed by atoms with Crippen molar-refractivity contribution in [2.24, 2.45) is 0 Å². The summed E-state index contributed by atoms with van der Waals surface area (Å²) in [7, 11) is 0. The Kier molecular flexibility index (Phi) is 3.10. The fraction of sp³-hybridized carbons (Fsp3) is 1.00. The second-order valence-corrected chi connectivity index (χ2v) is 4.89. The molecule has 2 atom stereocenters. The molecule has 82 valence electrons. The first-order chi connectivity index (χ1) is 6.76. The van der Waals surface area contributed by atoms with Crippen molar-refractivity contribution in [1.29, 1.82) is 0 Å². The van der Waals surface area contributed by atoms with Crippen LogP contribution in [0.25, 0.3) is 0 Å². The van der Waals surface area contributed by atoms with Crippen LogP contribution in [0.15, 0.2) is 0 Å². The standard InChI is InChI=1S/C11H21NO2/c13-8-11(6-3-7-11)12-9-4-1-2-5-10(9)14/h9-10,12-14H,1-8H2/t9-,10-/m0/s1. The fourth-order valence-corrected chi connectivity index (χ4v) is 2.62. The van der Waals surface area contributed by atoms with Crippen molar-refractivity contribution in [2.45, 2.75) is 62.6 Å². The van der Waals surface area contributed by atoms with Gasteiger partial charge in [0.25, 0.3) is 0 Å². The second-order valence-electron chi connectivity index (χ2n) is 4.89. The molecule has 2 saturated carbocycles. The topological polar surface area (TPSA) is 52.5 Å². The minimum atomic E-state index is -0.201. The molecule has 0 saturated heterocycles. The third-order valence-corrected chi connectivity index (χ3v) is 3.83. The van der Waals surface area contributed by atoms with Crippen molar-refractivity contribution in [2.75, 3.05) is 6.61 Å². The number of hydrogen-bond donors (Lipinski definition) is 3. The normalized spacial score (nSPS) is 36.4. The van der Waals surface area contributed by atoms with Crippen LogP contribution in [0.2, 0.25) is 0 Å². The summed E-state index contributed by atoms with van der Waals surface area (Å²) in [5.41, 5.74) is -0.0526. The van der Waals surface area contributed by atoms with E-state index in [4.69, 9.17) is 0 Å². The largest absolute Gasteiger partial charge is 0.394 e. The summed E-state index contributed by atoms with van der Waals surface area (Å²) in [6.45, 7) is 0.218. The fourth-order valence-electron chi connectivity index (χ4n) is 2.62. The quantitative estimate of drug-likeness (QED) is 0.630. The SMILES string of the molecule is OCC1(N[C@H]2CCCC[C@@H]2O)CCC1. The summed E-state index contributed by atoms with van der Waals surface area (Å²) in [4.78, 5) is 0. The molecular formula is C11H21NO2. The average Bonchev–Trinajstić information content (AvgIpc) is 2.14. The molecule has 2 aliphatic rings. The molecule has 0 aromatic carbocycles. The summed E-state index contributed by atoms with van der Waals surface area (Å²) in [6.07, 6.45) is 7.45. The van der Waals surface area contributed by atoms with E-state index in [9.17, 15) is 10.2 Å². The maximum absolute atomic E-state index is 9.80. The van der Waals surface area contributed by atoms with Crippen molar-refractivity contribution in [3.05, 3.63) is 0 Å². The van der Waals surface area contributed by atoms with Crippen molar-refractivity contribution in [1.82, 2.24) is 5.32 Å². The summed E-state index contributed by atoms with van der Waals surface area (Å²) < 4.78 is 0. The van der Waals surface area contributed by atoms with Gasteiger partial charge in [-0.1, -0.05) is 12.8 Å². The number of aliphatic hydroxyl groups is 2. The third-order valence-electron chi connectivity index (χ3n) is 3.83. The third kappa shape index (κ3) is 1.95. The van der Waals surface area contributed by atoms with Gasteiger partial charge >= 0.3 is 0 Å². The summed E-state index contributed by atoms with van der Waals surface area (Å²) in [6, 6.07) is 0.219. The van der Waals surface area contributed by atoms with Crippen LogP contribution in [0.4, 0.5) is 0 Å². The Morgan fingerprint density at radius 2 is 1.86 bits per heavy atom. The zero-order valence-electron chi connectivity index (χ0n) is 8.71. The molecule has 0 unspecified atom stereocenters. The zero-order chi connectivity index (χ0) is 10.0. The van der Waals surface area contributed by atoms with Gasteiger partial charge in [0.05, 0.1) is 12.7 Å². The van der Waals surface area contributed by atoms with Gasteiger partial charge in [-0.3, -0.25) is 0 Å². The van der Waals surface area contributed by atoms with Crippen LogP contribution in [-0.2, 0) is 0 Å². The Morgan fingerprint density at radius 3 is 2.36 bits per heavy atom. The average molecular weight is 199 g/mol. The predicted octanol–water partition coefficient (Wildman–Crippen LogP) is 0.794. The molecule has 3 heteroatoms. The highest BCUT2D eigenvalue weighted by molar-refractivity contribution is 4.99. The van der Waals surface area contributed by atoms with Crippen LogP contribution in [0, 0.1) is 0 Å². The molecule has 0 heterocycles. The number of nitrogens with one attached hydrogen (secondary N) is 1. The molecule has 3 N–H and O–H groups in total. The Balaban J connectivity index is 1.88. The molecule has 0 radical (unpaired) electrons. The van der Waals surface area contributed by atoms with Crippen LogP contribution in [-0.4, -0.2) is 34.5 Å². The maximum Gasteiger partial charge on any atom is 0.0693 e. The van der Waals surface area contributed by atoms with E-state index in [1.54, 1.807) is 0 Å². The minimum absolute atomic E-state index is 0.0526. The van der Waals surface area contributed by atoms with Gasteiger partial charge in [-0.05, 0) is 32.1 Å². The first-order valence-corrected chi connectivity index (χ1v) is 5.82. The van der Waals surface area contributed by atoms with Crippen LogP contribution in [0.1, 0.15) is 44.9 Å². The molecule has 0 aliphatic heterocycles. The van der Waals surface area contributed by atoms with Gasteiger partial charge in [-0.15, -0.1) is 0 Å². The molecule has 14 heavy (non-hydrogen) atoms. The van der Waals surface area contributed by atoms with Gasteiger partial charge in [0.15, 0.2) is 0 Å². The maximum atomic E-state index is 9.80. The van der Waals surface area contributed by atoms with Crippen LogP contribution in [0.3, 0.4) is 0 Å². The van der Waals surface area contributed by atoms with E-state index < -0.39 is 0 Å². The lowest BCUT2D eigenvalue weighted by molar-refractivity contribution is 0.0245. The molecule has 0 bridgehead atoms. The summed E-state index contributed by atoms with van der Waals surface area (Å²) >= 11 is 0. The molecule has 2 fully saturated rings. The van der Waals surface area contributed by atoms with Crippen LogP contribution < -0.4 is 5.32 Å². The van der Waals surface area contributed by atoms with Crippen molar-refractivity contribution in [3.8, 4) is 0 Å². The highest BCUT2D eigenvalue weighted by Crippen LogP contribution is 2.33. The Labute approximate surface area is 85.5 Å². The number of rotatable bonds is 3. The van der Waals surface area contributed by atoms with Gasteiger partial charge in [-0.25, -0.2) is 0 Å². The van der Waals surface area contributed by atoms with E-state index in [1.807, 2.05) is 0 Å². The van der Waals surface area contributed by atoms with Crippen molar-refractivity contribution < 1.29 is 10.2 Å². The van der Waals surface area contributed by atoms with Gasteiger partial charge in [0.1, 0.15) is 0 Å². The highest BCUT2D eigenvalue weighted by Gasteiger charge is 2.39. The molecule has 0 aromatic heterocycles. The first-order valence-electron chi connectivity index (χ1n) is 5.82. The van der Waals surface area contributed by atoms with E-state index in [0.29, 0.717) is 0 Å². The van der Waals surface area contributed by atoms with Crippen molar-refractivity contribution >= 4 is 0 Å². The molecule has 3 nitrogen and oxygen atoms in total. The van der Waals surface area contributed by atoms with E-state index >= 15 is 0 Å². The molecule has 0 amide bonds. The van der Waals surface area contributed by atoms with Gasteiger partial charge in [0.2, 0.25) is 0 Å². The smallest absolute Gasteiger partial charge is 0.0693 e. The number of hydrogen-bond acceptors (Lipinski definition) is 3. The highest BCUT2D eigenvalue weighted by atomic mass is 16.3. The summed E-state index contributed by atoms with van der Waals surface area (Å²) in [5.74, 6) is 0. The van der Waals surface area contributed by atoms with E-state index in [2.05, 4.69) is 5.32 Å². The number of aliphatic hydroxyl groups excluding tert-OH is 2. The van der Waals surface area contributed by atoms with Crippen LogP contribution in [0.5, 0.6) is 0 Å². The molecule has 2 aliphatic carbocycles. The first kappa shape index (κ1) is 10.4. The van der Waals surface area contributed by atoms with E-state index in [0.717, 1.165) is 32.1 Å². The molecule has 0 aromatic rings. The van der Waals surface area contributed by atoms with Gasteiger partial charge < -0.3 is 15.5 Å². The molecule has 2 rings (SSSR count). The Hall–Kier alpha value is -0.120. The lowest BCUT2D eigenvalue weighted by Crippen LogP contribution is -2.60. The zero-order valence-corrected chi connectivity index (χ0v) is 8.71. The lowest BCUT2D eigenvalue weighted by atomic mass is 9.76. The molecule has 0 spiro atoms. The Bertz CT molecular complexity index is 186. The Morgan fingerprint density at radius 1 is 1.14 bits per heavy atom. The lowest BCUT2D eigenvalue weighted by Gasteiger charge is -2.45. The van der Waals surface area contributed by atoms with Crippen molar-refractivity contribution in [3.63, 3.8) is 0 Å². The second kappa shape index (κ2) is 4.17. The summed E-state index contributed by atoms with van der Waals surface area (Å²) in [5, 5.41) is 22.6. The van der Waals surface area contributed by atoms with Gasteiger partial charge in [0, 0.05) is 11.6 Å². The minimum Gasteiger partial charge on any atom is -0.394 e. The predicted molar refractivity (Wildman–Crippen MR) is 55.1 cm³/mol.